The van der Waals surface area contributed by atoms with Gasteiger partial charge in [0.25, 0.3) is 0 Å². The monoisotopic (exact) mass is 1250 g/mol. The Hall–Kier alpha value is 0.880. The maximum absolute atomic E-state index is 6.11. The molecule has 0 radical (unpaired) electrons. The van der Waals surface area contributed by atoms with Crippen molar-refractivity contribution in [2.45, 2.75) is 19.3 Å². The van der Waals surface area contributed by atoms with Gasteiger partial charge in [-0.3, -0.25) is 0 Å². The van der Waals surface area contributed by atoms with Crippen molar-refractivity contribution in [2.75, 3.05) is 26.4 Å². The SMILES string of the molecule is CC(C)(c1cc(Br)c(OCCOc2c(Br)cc(Br)cc2Br)c(Br)c1)c1cc(Br)c(OCCOc2c(Br)cc(Br)cc2Br)c(Br)c1. The standard InChI is InChI=1S/C31H22Br10O4/c1-31(2,15-7-19(34)27(20(35)8-15)42-3-5-44-29-23(38)11-17(32)12-24(29)39)16-9-21(36)28(22(37)10-16)43-4-6-45-30-25(40)13-18(33)14-26(30)41/h7-14H,3-6H2,1-2H3. The van der Waals surface area contributed by atoms with E-state index in [9.17, 15) is 0 Å². The first-order chi connectivity index (χ1) is 21.2. The number of benzene rings is 4. The Morgan fingerprint density at radius 3 is 0.800 bits per heavy atom. The van der Waals surface area contributed by atoms with Crippen LogP contribution in [0.2, 0.25) is 0 Å². The van der Waals surface area contributed by atoms with Gasteiger partial charge in [-0.1, -0.05) is 45.7 Å². The number of hydrogen-bond acceptors (Lipinski definition) is 4. The van der Waals surface area contributed by atoms with Crippen LogP contribution < -0.4 is 18.9 Å². The van der Waals surface area contributed by atoms with E-state index in [4.69, 9.17) is 18.9 Å². The second-order valence-electron chi connectivity index (χ2n) is 9.95. The Balaban J connectivity index is 1.41. The molecule has 0 heterocycles. The molecule has 0 aliphatic rings. The Labute approximate surface area is 346 Å². The van der Waals surface area contributed by atoms with Crippen molar-refractivity contribution < 1.29 is 18.9 Å². The van der Waals surface area contributed by atoms with Crippen LogP contribution >= 0.6 is 159 Å². The van der Waals surface area contributed by atoms with Crippen LogP contribution in [0.5, 0.6) is 23.0 Å². The van der Waals surface area contributed by atoms with Crippen molar-refractivity contribution >= 4 is 159 Å². The zero-order chi connectivity index (χ0) is 33.1. The predicted molar refractivity (Wildman–Crippen MR) is 217 cm³/mol. The summed E-state index contributed by atoms with van der Waals surface area (Å²) in [4.78, 5) is 0. The second kappa shape index (κ2) is 17.2. The molecule has 14 heteroatoms. The van der Waals surface area contributed by atoms with Gasteiger partial charge >= 0.3 is 0 Å². The number of rotatable bonds is 12. The van der Waals surface area contributed by atoms with Crippen molar-refractivity contribution in [1.29, 1.82) is 0 Å². The quantitative estimate of drug-likeness (QED) is 0.133. The van der Waals surface area contributed by atoms with Crippen LogP contribution in [0.3, 0.4) is 0 Å². The molecule has 0 aromatic heterocycles. The molecule has 0 amide bonds. The van der Waals surface area contributed by atoms with Crippen LogP contribution in [0.4, 0.5) is 0 Å². The summed E-state index contributed by atoms with van der Waals surface area (Å²) < 4.78 is 32.8. The van der Waals surface area contributed by atoms with Crippen molar-refractivity contribution in [3.8, 4) is 23.0 Å². The van der Waals surface area contributed by atoms with Gasteiger partial charge in [-0.15, -0.1) is 0 Å². The highest BCUT2D eigenvalue weighted by atomic mass is 79.9. The Bertz CT molecular complexity index is 1500. The molecular formula is C31H22Br10O4. The third-order valence-electron chi connectivity index (χ3n) is 6.52. The maximum Gasteiger partial charge on any atom is 0.147 e. The van der Waals surface area contributed by atoms with Crippen LogP contribution in [0.25, 0.3) is 0 Å². The van der Waals surface area contributed by atoms with Gasteiger partial charge in [0.1, 0.15) is 49.4 Å². The number of hydrogen-bond donors (Lipinski definition) is 0. The minimum absolute atomic E-state index is 0.348. The molecule has 0 saturated heterocycles. The Kier molecular flexibility index (Phi) is 14.8. The number of ether oxygens (including phenoxy) is 4. The molecule has 240 valence electrons. The second-order valence-corrected chi connectivity index (χ2v) is 18.6. The summed E-state index contributed by atoms with van der Waals surface area (Å²) in [6, 6.07) is 16.1. The lowest BCUT2D eigenvalue weighted by atomic mass is 9.78. The fourth-order valence-electron chi connectivity index (χ4n) is 4.19. The minimum Gasteiger partial charge on any atom is -0.488 e. The Morgan fingerprint density at radius 1 is 0.378 bits per heavy atom. The molecule has 0 aliphatic carbocycles. The summed E-state index contributed by atoms with van der Waals surface area (Å²) in [5.74, 6) is 2.87. The first-order valence-corrected chi connectivity index (χ1v) is 20.9. The average molecular weight is 1260 g/mol. The van der Waals surface area contributed by atoms with Gasteiger partial charge in [-0.05, 0) is 187 Å². The van der Waals surface area contributed by atoms with Crippen molar-refractivity contribution in [1.82, 2.24) is 0 Å². The summed E-state index contributed by atoms with van der Waals surface area (Å²) in [6.45, 7) is 5.82. The highest BCUT2D eigenvalue weighted by Gasteiger charge is 2.27. The van der Waals surface area contributed by atoms with Crippen molar-refractivity contribution in [2.24, 2.45) is 0 Å². The van der Waals surface area contributed by atoms with E-state index in [0.717, 1.165) is 67.4 Å². The fraction of sp³-hybridized carbons (Fsp3) is 0.226. The lowest BCUT2D eigenvalue weighted by Gasteiger charge is -2.28. The third-order valence-corrected chi connectivity index (χ3v) is 12.1. The molecule has 4 aromatic carbocycles. The zero-order valence-corrected chi connectivity index (χ0v) is 39.2. The van der Waals surface area contributed by atoms with E-state index >= 15 is 0 Å². The molecule has 4 nitrogen and oxygen atoms in total. The molecule has 4 aromatic rings. The summed E-state index contributed by atoms with van der Waals surface area (Å²) in [5.41, 5.74) is 1.85. The topological polar surface area (TPSA) is 36.9 Å². The van der Waals surface area contributed by atoms with Gasteiger partial charge in [0, 0.05) is 14.4 Å². The van der Waals surface area contributed by atoms with Crippen molar-refractivity contribution in [3.05, 3.63) is 104 Å². The summed E-state index contributed by atoms with van der Waals surface area (Å²) in [6.07, 6.45) is 0. The van der Waals surface area contributed by atoms with Crippen LogP contribution in [-0.2, 0) is 5.41 Å². The molecule has 0 spiro atoms. The van der Waals surface area contributed by atoms with Crippen molar-refractivity contribution in [3.63, 3.8) is 0 Å². The van der Waals surface area contributed by atoms with E-state index in [-0.39, 0.29) is 5.41 Å². The molecule has 0 atom stereocenters. The maximum atomic E-state index is 6.11. The molecule has 0 saturated carbocycles. The van der Waals surface area contributed by atoms with Gasteiger partial charge < -0.3 is 18.9 Å². The first kappa shape index (κ1) is 38.7. The highest BCUT2D eigenvalue weighted by molar-refractivity contribution is 9.12. The van der Waals surface area contributed by atoms with E-state index in [1.165, 1.54) is 0 Å². The summed E-state index contributed by atoms with van der Waals surface area (Å²) in [7, 11) is 0. The molecule has 0 bridgehead atoms. The number of halogens is 10. The predicted octanol–water partition coefficient (Wildman–Crippen LogP) is 14.6. The fourth-order valence-corrected chi connectivity index (χ4v) is 12.0. The van der Waals surface area contributed by atoms with Gasteiger partial charge in [0.05, 0.1) is 35.8 Å². The lowest BCUT2D eigenvalue weighted by Crippen LogP contribution is -2.20. The van der Waals surface area contributed by atoms with Crippen LogP contribution in [0.15, 0.2) is 93.3 Å². The van der Waals surface area contributed by atoms with Crippen LogP contribution in [0, 0.1) is 0 Å². The first-order valence-electron chi connectivity index (χ1n) is 13.0. The molecule has 4 rings (SSSR count). The normalized spacial score (nSPS) is 11.5. The van der Waals surface area contributed by atoms with Crippen LogP contribution in [0.1, 0.15) is 25.0 Å². The minimum atomic E-state index is -0.348. The van der Waals surface area contributed by atoms with E-state index in [1.54, 1.807) is 0 Å². The summed E-state index contributed by atoms with van der Waals surface area (Å²) in [5, 5.41) is 0. The van der Waals surface area contributed by atoms with E-state index in [1.807, 2.05) is 24.3 Å². The van der Waals surface area contributed by atoms with Gasteiger partial charge in [0.2, 0.25) is 0 Å². The smallest absolute Gasteiger partial charge is 0.147 e. The van der Waals surface area contributed by atoms with Gasteiger partial charge in [-0.25, -0.2) is 0 Å². The van der Waals surface area contributed by atoms with Gasteiger partial charge in [-0.2, -0.15) is 0 Å². The molecule has 0 aliphatic heterocycles. The summed E-state index contributed by atoms with van der Waals surface area (Å²) >= 11 is 36.0. The largest absolute Gasteiger partial charge is 0.488 e. The van der Waals surface area contributed by atoms with Gasteiger partial charge in [0.15, 0.2) is 0 Å². The lowest BCUT2D eigenvalue weighted by molar-refractivity contribution is 0.213. The molecule has 45 heavy (non-hydrogen) atoms. The average Bonchev–Trinajstić information content (AvgIpc) is 2.93. The molecule has 0 N–H and O–H groups in total. The van der Waals surface area contributed by atoms with E-state index in [0.29, 0.717) is 37.9 Å². The third kappa shape index (κ3) is 9.99. The highest BCUT2D eigenvalue weighted by Crippen LogP contribution is 2.44. The molecule has 0 fully saturated rings. The molecular weight excluding hydrogens is 1240 g/mol. The van der Waals surface area contributed by atoms with E-state index < -0.39 is 0 Å². The molecule has 0 unspecified atom stereocenters. The Morgan fingerprint density at radius 2 is 0.578 bits per heavy atom. The zero-order valence-electron chi connectivity index (χ0n) is 23.4. The van der Waals surface area contributed by atoms with E-state index in [2.05, 4.69) is 197 Å². The van der Waals surface area contributed by atoms with Crippen LogP contribution in [-0.4, -0.2) is 26.4 Å².